The van der Waals surface area contributed by atoms with Gasteiger partial charge in [-0.05, 0) is 38.1 Å². The number of methoxy groups -OCH3 is 1. The molecular formula is C29H27N5O3. The molecule has 0 bridgehead atoms. The van der Waals surface area contributed by atoms with Crippen molar-refractivity contribution >= 4 is 22.6 Å². The fraction of sp³-hybridized carbons (Fsp3) is 0.172. The Hall–Kier alpha value is -4.72. The first-order chi connectivity index (χ1) is 18.0. The van der Waals surface area contributed by atoms with E-state index in [9.17, 15) is 4.79 Å². The molecule has 0 saturated carbocycles. The maximum Gasteiger partial charge on any atom is 0.256 e. The minimum Gasteiger partial charge on any atom is -0.493 e. The normalized spacial score (nSPS) is 11.0. The number of aromatic nitrogens is 4. The van der Waals surface area contributed by atoms with Crippen LogP contribution in [0.1, 0.15) is 35.8 Å². The maximum atomic E-state index is 13.6. The second-order valence-electron chi connectivity index (χ2n) is 8.81. The van der Waals surface area contributed by atoms with Gasteiger partial charge in [-0.3, -0.25) is 9.78 Å². The molecule has 5 aromatic rings. The molecule has 1 N–H and O–H groups in total. The van der Waals surface area contributed by atoms with E-state index < -0.39 is 0 Å². The lowest BCUT2D eigenvalue weighted by atomic mass is 10.1. The molecule has 0 atom stereocenters. The van der Waals surface area contributed by atoms with Gasteiger partial charge in [-0.1, -0.05) is 36.4 Å². The number of hydrogen-bond donors (Lipinski definition) is 1. The highest BCUT2D eigenvalue weighted by molar-refractivity contribution is 6.12. The van der Waals surface area contributed by atoms with Crippen molar-refractivity contribution in [2.24, 2.45) is 0 Å². The Bertz CT molecular complexity index is 1530. The summed E-state index contributed by atoms with van der Waals surface area (Å²) >= 11 is 0. The fourth-order valence-corrected chi connectivity index (χ4v) is 4.05. The molecule has 0 fully saturated rings. The molecule has 0 radical (unpaired) electrons. The van der Waals surface area contributed by atoms with Gasteiger partial charge in [-0.25, -0.2) is 9.67 Å². The number of nitrogens with one attached hydrogen (secondary N) is 1. The van der Waals surface area contributed by atoms with E-state index in [1.54, 1.807) is 43.9 Å². The molecule has 5 rings (SSSR count). The van der Waals surface area contributed by atoms with Gasteiger partial charge in [0.05, 0.1) is 30.0 Å². The Balaban J connectivity index is 1.48. The van der Waals surface area contributed by atoms with Crippen molar-refractivity contribution < 1.29 is 14.3 Å². The zero-order valence-corrected chi connectivity index (χ0v) is 20.9. The fourth-order valence-electron chi connectivity index (χ4n) is 4.05. The number of carbonyl (C=O) groups is 1. The smallest absolute Gasteiger partial charge is 0.256 e. The quantitative estimate of drug-likeness (QED) is 0.289. The van der Waals surface area contributed by atoms with E-state index in [1.807, 2.05) is 67.1 Å². The van der Waals surface area contributed by atoms with Gasteiger partial charge < -0.3 is 14.8 Å². The summed E-state index contributed by atoms with van der Waals surface area (Å²) in [6.07, 6.45) is 5.15. The van der Waals surface area contributed by atoms with E-state index in [1.165, 1.54) is 0 Å². The van der Waals surface area contributed by atoms with Gasteiger partial charge in [0.25, 0.3) is 5.91 Å². The van der Waals surface area contributed by atoms with Crippen LogP contribution in [-0.4, -0.2) is 32.8 Å². The first-order valence-electron chi connectivity index (χ1n) is 12.0. The summed E-state index contributed by atoms with van der Waals surface area (Å²) in [6.45, 7) is 4.39. The van der Waals surface area contributed by atoms with Crippen molar-refractivity contribution in [3.05, 3.63) is 96.4 Å². The van der Waals surface area contributed by atoms with Crippen molar-refractivity contribution in [1.29, 1.82) is 0 Å². The van der Waals surface area contributed by atoms with E-state index in [0.29, 0.717) is 46.1 Å². The van der Waals surface area contributed by atoms with Crippen molar-refractivity contribution in [1.82, 2.24) is 19.7 Å². The van der Waals surface area contributed by atoms with Crippen molar-refractivity contribution in [2.75, 3.05) is 12.4 Å². The van der Waals surface area contributed by atoms with Crippen LogP contribution in [0.4, 0.5) is 5.69 Å². The minimum absolute atomic E-state index is 0.0908. The lowest BCUT2D eigenvalue weighted by molar-refractivity contribution is 0.102. The largest absolute Gasteiger partial charge is 0.493 e. The molecule has 0 saturated heterocycles. The summed E-state index contributed by atoms with van der Waals surface area (Å²) in [5.41, 5.74) is 4.28. The molecule has 8 nitrogen and oxygen atoms in total. The summed E-state index contributed by atoms with van der Waals surface area (Å²) in [5, 5.41) is 8.20. The van der Waals surface area contributed by atoms with Crippen LogP contribution < -0.4 is 14.8 Å². The molecular weight excluding hydrogens is 466 g/mol. The van der Waals surface area contributed by atoms with Crippen LogP contribution in [0.15, 0.2) is 85.3 Å². The lowest BCUT2D eigenvalue weighted by Crippen LogP contribution is -2.13. The van der Waals surface area contributed by atoms with Gasteiger partial charge in [0.1, 0.15) is 6.61 Å². The van der Waals surface area contributed by atoms with E-state index in [0.717, 1.165) is 11.1 Å². The third-order valence-electron chi connectivity index (χ3n) is 5.91. The molecule has 0 aliphatic rings. The highest BCUT2D eigenvalue weighted by Gasteiger charge is 2.19. The summed E-state index contributed by atoms with van der Waals surface area (Å²) in [6, 6.07) is 20.8. The zero-order valence-electron chi connectivity index (χ0n) is 20.9. The van der Waals surface area contributed by atoms with E-state index in [4.69, 9.17) is 14.5 Å². The molecule has 0 spiro atoms. The number of benzene rings is 2. The Labute approximate surface area is 214 Å². The topological polar surface area (TPSA) is 91.2 Å². The summed E-state index contributed by atoms with van der Waals surface area (Å²) < 4.78 is 13.3. The molecule has 3 aromatic heterocycles. The Morgan fingerprint density at radius 2 is 1.84 bits per heavy atom. The molecule has 0 aliphatic heterocycles. The molecule has 186 valence electrons. The van der Waals surface area contributed by atoms with Crippen molar-refractivity contribution in [3.63, 3.8) is 0 Å². The molecule has 2 aromatic carbocycles. The van der Waals surface area contributed by atoms with Crippen LogP contribution in [0.2, 0.25) is 0 Å². The standard InChI is InChI=1S/C29H27N5O3/c1-19(2)34-28-24(17-31-34)23(15-25(33-28)21-9-5-4-6-10-21)29(35)32-22-11-12-26(36-3)27(14-22)37-18-20-8-7-13-30-16-20/h4-17,19H,18H2,1-3H3,(H,32,35). The second-order valence-corrected chi connectivity index (χ2v) is 8.81. The van der Waals surface area contributed by atoms with Crippen molar-refractivity contribution in [3.8, 4) is 22.8 Å². The van der Waals surface area contributed by atoms with Gasteiger partial charge in [-0.15, -0.1) is 0 Å². The zero-order chi connectivity index (χ0) is 25.8. The Kier molecular flexibility index (Phi) is 6.81. The number of ether oxygens (including phenoxy) is 2. The van der Waals surface area contributed by atoms with E-state index >= 15 is 0 Å². The number of pyridine rings is 2. The highest BCUT2D eigenvalue weighted by atomic mass is 16.5. The van der Waals surface area contributed by atoms with Crippen LogP contribution in [0.3, 0.4) is 0 Å². The molecule has 1 amide bonds. The molecule has 0 unspecified atom stereocenters. The maximum absolute atomic E-state index is 13.6. The highest BCUT2D eigenvalue weighted by Crippen LogP contribution is 2.32. The molecule has 0 aliphatic carbocycles. The van der Waals surface area contributed by atoms with Crippen LogP contribution in [0.25, 0.3) is 22.3 Å². The van der Waals surface area contributed by atoms with Gasteiger partial charge in [0, 0.05) is 41.3 Å². The number of hydrogen-bond acceptors (Lipinski definition) is 6. The number of carbonyl (C=O) groups excluding carboxylic acids is 1. The summed E-state index contributed by atoms with van der Waals surface area (Å²) in [5.74, 6) is 0.815. The van der Waals surface area contributed by atoms with Gasteiger partial charge in [0.15, 0.2) is 17.1 Å². The SMILES string of the molecule is COc1ccc(NC(=O)c2cc(-c3ccccc3)nc3c2cnn3C(C)C)cc1OCc1cccnc1. The Morgan fingerprint density at radius 3 is 2.57 bits per heavy atom. The number of nitrogens with zero attached hydrogens (tertiary/aromatic N) is 4. The summed E-state index contributed by atoms with van der Waals surface area (Å²) in [7, 11) is 1.58. The lowest BCUT2D eigenvalue weighted by Gasteiger charge is -2.14. The third-order valence-corrected chi connectivity index (χ3v) is 5.91. The average molecular weight is 494 g/mol. The average Bonchev–Trinajstić information content (AvgIpc) is 3.37. The summed E-state index contributed by atoms with van der Waals surface area (Å²) in [4.78, 5) is 22.5. The second kappa shape index (κ2) is 10.5. The van der Waals surface area contributed by atoms with E-state index in [-0.39, 0.29) is 11.9 Å². The Morgan fingerprint density at radius 1 is 1.00 bits per heavy atom. The van der Waals surface area contributed by atoms with E-state index in [2.05, 4.69) is 15.4 Å². The third kappa shape index (κ3) is 5.13. The number of fused-ring (bicyclic) bond motifs is 1. The number of amides is 1. The number of rotatable bonds is 8. The number of anilines is 1. The van der Waals surface area contributed by atoms with Gasteiger partial charge >= 0.3 is 0 Å². The monoisotopic (exact) mass is 493 g/mol. The van der Waals surface area contributed by atoms with Crippen molar-refractivity contribution in [2.45, 2.75) is 26.5 Å². The predicted octanol–water partition coefficient (Wildman–Crippen LogP) is 5.91. The molecule has 37 heavy (non-hydrogen) atoms. The minimum atomic E-state index is -0.267. The molecule has 3 heterocycles. The van der Waals surface area contributed by atoms with Crippen LogP contribution in [0.5, 0.6) is 11.5 Å². The molecule has 8 heteroatoms. The first-order valence-corrected chi connectivity index (χ1v) is 12.0. The van der Waals surface area contributed by atoms with Gasteiger partial charge in [-0.2, -0.15) is 5.10 Å². The van der Waals surface area contributed by atoms with Crippen LogP contribution in [-0.2, 0) is 6.61 Å². The van der Waals surface area contributed by atoms with Crippen LogP contribution >= 0.6 is 0 Å². The first kappa shape index (κ1) is 24.0. The van der Waals surface area contributed by atoms with Crippen LogP contribution in [0, 0.1) is 0 Å². The predicted molar refractivity (Wildman–Crippen MR) is 143 cm³/mol. The van der Waals surface area contributed by atoms with Gasteiger partial charge in [0.2, 0.25) is 0 Å².